The number of aromatic amines is 2. The minimum absolute atomic E-state index is 0.186. The number of nitrogens with zero attached hydrogens (tertiary/aromatic N) is 2. The molecule has 1 aromatic heterocycles. The van der Waals surface area contributed by atoms with E-state index in [1.165, 1.54) is 19.3 Å². The molecule has 0 atom stereocenters. The van der Waals surface area contributed by atoms with E-state index in [0.29, 0.717) is 11.4 Å². The zero-order chi connectivity index (χ0) is 15.4. The van der Waals surface area contributed by atoms with Gasteiger partial charge in [0, 0.05) is 24.3 Å². The molecule has 0 saturated carbocycles. The molecule has 1 aliphatic rings. The van der Waals surface area contributed by atoms with Crippen LogP contribution in [0.25, 0.3) is 0 Å². The normalized spacial score (nSPS) is 14.8. The minimum Gasteiger partial charge on any atom is -0.372 e. The lowest BCUT2D eigenvalue weighted by Gasteiger charge is -2.28. The van der Waals surface area contributed by atoms with E-state index < -0.39 is 0 Å². The number of piperidine rings is 1. The Kier molecular flexibility index (Phi) is 4.22. The van der Waals surface area contributed by atoms with Gasteiger partial charge >= 0.3 is 5.69 Å². The zero-order valence-corrected chi connectivity index (χ0v) is 12.3. The van der Waals surface area contributed by atoms with Gasteiger partial charge in [0.25, 0.3) is 5.91 Å². The van der Waals surface area contributed by atoms with Gasteiger partial charge in [-0.25, -0.2) is 9.89 Å². The number of carbonyl (C=O) groups is 1. The number of benzene rings is 1. The fourth-order valence-electron chi connectivity index (χ4n) is 2.63. The van der Waals surface area contributed by atoms with Crippen molar-refractivity contribution in [3.63, 3.8) is 0 Å². The number of carbonyl (C=O) groups excluding carboxylic acids is 1. The first-order valence-electron chi connectivity index (χ1n) is 7.49. The third kappa shape index (κ3) is 3.36. The maximum Gasteiger partial charge on any atom is 0.340 e. The van der Waals surface area contributed by atoms with Gasteiger partial charge in [-0.05, 0) is 43.5 Å². The highest BCUT2D eigenvalue weighted by Gasteiger charge is 2.12. The first kappa shape index (κ1) is 14.4. The van der Waals surface area contributed by atoms with E-state index in [1.807, 2.05) is 24.3 Å². The molecule has 2 aromatic rings. The number of nitrogens with one attached hydrogen (secondary N) is 3. The van der Waals surface area contributed by atoms with E-state index in [1.54, 1.807) is 0 Å². The standard InChI is InChI=1S/C15H19N5O2/c21-14(16-10-13-17-15(22)19-18-13)11-4-6-12(7-5-11)20-8-2-1-3-9-20/h4-7H,1-3,8-10H2,(H,16,21)(H2,17,18,19,22). The van der Waals surface area contributed by atoms with Crippen LogP contribution in [0.3, 0.4) is 0 Å². The average molecular weight is 301 g/mol. The molecular formula is C15H19N5O2. The van der Waals surface area contributed by atoms with Gasteiger partial charge in [-0.15, -0.1) is 0 Å². The summed E-state index contributed by atoms with van der Waals surface area (Å²) in [5.41, 5.74) is 1.38. The lowest BCUT2D eigenvalue weighted by molar-refractivity contribution is 0.0950. The number of amides is 1. The number of aromatic nitrogens is 3. The predicted molar refractivity (Wildman–Crippen MR) is 82.9 cm³/mol. The van der Waals surface area contributed by atoms with Crippen LogP contribution in [0.4, 0.5) is 5.69 Å². The van der Waals surface area contributed by atoms with E-state index >= 15 is 0 Å². The Morgan fingerprint density at radius 2 is 1.91 bits per heavy atom. The summed E-state index contributed by atoms with van der Waals surface area (Å²) in [7, 11) is 0. The maximum atomic E-state index is 12.1. The molecule has 1 saturated heterocycles. The zero-order valence-electron chi connectivity index (χ0n) is 12.3. The second-order valence-electron chi connectivity index (χ2n) is 5.40. The summed E-state index contributed by atoms with van der Waals surface area (Å²) in [6, 6.07) is 7.62. The van der Waals surface area contributed by atoms with Crippen molar-refractivity contribution in [2.24, 2.45) is 0 Å². The van der Waals surface area contributed by atoms with Gasteiger partial charge in [-0.1, -0.05) is 0 Å². The van der Waals surface area contributed by atoms with Gasteiger partial charge in [-0.3, -0.25) is 9.78 Å². The number of hydrogen-bond acceptors (Lipinski definition) is 4. The van der Waals surface area contributed by atoms with Crippen LogP contribution in [0.1, 0.15) is 35.4 Å². The smallest absolute Gasteiger partial charge is 0.340 e. The van der Waals surface area contributed by atoms with Crippen molar-refractivity contribution in [1.82, 2.24) is 20.5 Å². The molecule has 0 bridgehead atoms. The average Bonchev–Trinajstić information content (AvgIpc) is 2.99. The summed E-state index contributed by atoms with van der Waals surface area (Å²) in [6.07, 6.45) is 3.75. The minimum atomic E-state index is -0.380. The third-order valence-electron chi connectivity index (χ3n) is 3.82. The molecule has 116 valence electrons. The highest BCUT2D eigenvalue weighted by atomic mass is 16.2. The maximum absolute atomic E-state index is 12.1. The molecule has 1 aliphatic heterocycles. The molecule has 7 heteroatoms. The first-order valence-corrected chi connectivity index (χ1v) is 7.49. The van der Waals surface area contributed by atoms with Gasteiger partial charge in [0.15, 0.2) is 0 Å². The van der Waals surface area contributed by atoms with Crippen molar-refractivity contribution in [1.29, 1.82) is 0 Å². The lowest BCUT2D eigenvalue weighted by atomic mass is 10.1. The van der Waals surface area contributed by atoms with Gasteiger partial charge in [0.05, 0.1) is 6.54 Å². The van der Waals surface area contributed by atoms with Crippen molar-refractivity contribution >= 4 is 11.6 Å². The molecule has 1 amide bonds. The van der Waals surface area contributed by atoms with Crippen LogP contribution in [0.2, 0.25) is 0 Å². The summed E-state index contributed by atoms with van der Waals surface area (Å²) < 4.78 is 0. The number of H-pyrrole nitrogens is 2. The molecule has 0 aliphatic carbocycles. The second-order valence-corrected chi connectivity index (χ2v) is 5.40. The molecule has 1 fully saturated rings. The SMILES string of the molecule is O=C(NCc1n[nH]c(=O)[nH]1)c1ccc(N2CCCCC2)cc1. The largest absolute Gasteiger partial charge is 0.372 e. The quantitative estimate of drug-likeness (QED) is 0.786. The molecular weight excluding hydrogens is 282 g/mol. The highest BCUT2D eigenvalue weighted by Crippen LogP contribution is 2.20. The van der Waals surface area contributed by atoms with E-state index in [9.17, 15) is 9.59 Å². The first-order chi connectivity index (χ1) is 10.7. The van der Waals surface area contributed by atoms with E-state index in [0.717, 1.165) is 18.8 Å². The number of anilines is 1. The summed E-state index contributed by atoms with van der Waals surface area (Å²) in [5.74, 6) is 0.220. The van der Waals surface area contributed by atoms with Crippen molar-refractivity contribution in [2.45, 2.75) is 25.8 Å². The van der Waals surface area contributed by atoms with Crippen molar-refractivity contribution in [3.8, 4) is 0 Å². The Labute approximate surface area is 127 Å². The summed E-state index contributed by atoms with van der Waals surface area (Å²) in [5, 5.41) is 8.72. The topological polar surface area (TPSA) is 93.9 Å². The fraction of sp³-hybridized carbons (Fsp3) is 0.400. The summed E-state index contributed by atoms with van der Waals surface area (Å²) in [4.78, 5) is 27.8. The van der Waals surface area contributed by atoms with Crippen LogP contribution in [0.15, 0.2) is 29.1 Å². The molecule has 0 spiro atoms. The van der Waals surface area contributed by atoms with Crippen LogP contribution < -0.4 is 15.9 Å². The fourth-order valence-corrected chi connectivity index (χ4v) is 2.63. The number of rotatable bonds is 4. The Bertz CT molecular complexity index is 682. The van der Waals surface area contributed by atoms with Gasteiger partial charge in [-0.2, -0.15) is 5.10 Å². The molecule has 1 aromatic carbocycles. The van der Waals surface area contributed by atoms with Crippen molar-refractivity contribution in [3.05, 3.63) is 46.1 Å². The Hall–Kier alpha value is -2.57. The van der Waals surface area contributed by atoms with Gasteiger partial charge < -0.3 is 10.2 Å². The molecule has 0 radical (unpaired) electrons. The molecule has 3 N–H and O–H groups in total. The summed E-state index contributed by atoms with van der Waals surface area (Å²) in [6.45, 7) is 2.35. The van der Waals surface area contributed by atoms with Crippen LogP contribution >= 0.6 is 0 Å². The predicted octanol–water partition coefficient (Wildman–Crippen LogP) is 1.02. The van der Waals surface area contributed by atoms with Crippen molar-refractivity contribution in [2.75, 3.05) is 18.0 Å². The molecule has 3 rings (SSSR count). The molecule has 2 heterocycles. The van der Waals surface area contributed by atoms with Crippen LogP contribution in [-0.4, -0.2) is 34.2 Å². The molecule has 7 nitrogen and oxygen atoms in total. The molecule has 0 unspecified atom stereocenters. The highest BCUT2D eigenvalue weighted by molar-refractivity contribution is 5.94. The molecule has 22 heavy (non-hydrogen) atoms. The van der Waals surface area contributed by atoms with Gasteiger partial charge in [0.1, 0.15) is 5.82 Å². The summed E-state index contributed by atoms with van der Waals surface area (Å²) >= 11 is 0. The third-order valence-corrected chi connectivity index (χ3v) is 3.82. The van der Waals surface area contributed by atoms with Crippen molar-refractivity contribution < 1.29 is 4.79 Å². The Balaban J connectivity index is 1.59. The van der Waals surface area contributed by atoms with Gasteiger partial charge in [0.2, 0.25) is 0 Å². The van der Waals surface area contributed by atoms with E-state index in [2.05, 4.69) is 25.4 Å². The second kappa shape index (κ2) is 6.46. The van der Waals surface area contributed by atoms with E-state index in [-0.39, 0.29) is 18.1 Å². The lowest BCUT2D eigenvalue weighted by Crippen LogP contribution is -2.29. The number of hydrogen-bond donors (Lipinski definition) is 3. The van der Waals surface area contributed by atoms with E-state index in [4.69, 9.17) is 0 Å². The Morgan fingerprint density at radius 1 is 1.18 bits per heavy atom. The van der Waals surface area contributed by atoms with Crippen LogP contribution in [0, 0.1) is 0 Å². The van der Waals surface area contributed by atoms with Crippen LogP contribution in [-0.2, 0) is 6.54 Å². The van der Waals surface area contributed by atoms with Crippen LogP contribution in [0.5, 0.6) is 0 Å². The monoisotopic (exact) mass is 301 g/mol. The Morgan fingerprint density at radius 3 is 2.55 bits per heavy atom.